The maximum Gasteiger partial charge on any atom is 0.437 e. The summed E-state index contributed by atoms with van der Waals surface area (Å²) in [5.41, 5.74) is -3.22. The molecule has 0 spiro atoms. The summed E-state index contributed by atoms with van der Waals surface area (Å²) < 4.78 is 90.9. The number of alkyl halides is 3. The number of methoxy groups -OCH3 is 2. The van der Waals surface area contributed by atoms with Crippen LogP contribution >= 0.6 is 0 Å². The number of halogens is 5. The molecular weight excluding hydrogens is 627 g/mol. The van der Waals surface area contributed by atoms with E-state index in [0.717, 1.165) is 18.2 Å². The minimum Gasteiger partial charge on any atom is -0.497 e. The Hall–Kier alpha value is -5.14. The predicted octanol–water partition coefficient (Wildman–Crippen LogP) is 6.62. The van der Waals surface area contributed by atoms with Crippen molar-refractivity contribution in [3.05, 3.63) is 100 Å². The van der Waals surface area contributed by atoms with Gasteiger partial charge in [-0.2, -0.15) is 13.2 Å². The number of aromatic nitrogens is 2. The molecule has 0 fully saturated rings. The number of imidazole rings is 1. The van der Waals surface area contributed by atoms with E-state index in [9.17, 15) is 27.2 Å². The first-order chi connectivity index (χ1) is 22.0. The lowest BCUT2D eigenvalue weighted by Crippen LogP contribution is -2.29. The molecule has 1 N–H and O–H groups in total. The average Bonchev–Trinajstić information content (AvgIpc) is 3.32. The number of amides is 2. The SMILES string of the molecule is COc1cc(CNC(=O)c2cc(Cn3ccn(C)/c3=N/C(=O)OC(C)(C)C)cc(-c3ccc(F)cc3C(F)(F)F)c2F)cc(OC)c1. The smallest absolute Gasteiger partial charge is 0.437 e. The fourth-order valence-corrected chi connectivity index (χ4v) is 4.71. The van der Waals surface area contributed by atoms with Crippen molar-refractivity contribution in [1.82, 2.24) is 14.5 Å². The van der Waals surface area contributed by atoms with Gasteiger partial charge in [-0.15, -0.1) is 4.99 Å². The average molecular weight is 661 g/mol. The van der Waals surface area contributed by atoms with E-state index in [1.54, 1.807) is 58.4 Å². The zero-order valence-electron chi connectivity index (χ0n) is 26.5. The molecule has 0 bridgehead atoms. The lowest BCUT2D eigenvalue weighted by atomic mass is 9.94. The Labute approximate surface area is 267 Å². The van der Waals surface area contributed by atoms with E-state index in [-0.39, 0.29) is 30.3 Å². The highest BCUT2D eigenvalue weighted by Gasteiger charge is 2.35. The number of ether oxygens (including phenoxy) is 3. The monoisotopic (exact) mass is 660 g/mol. The van der Waals surface area contributed by atoms with Crippen molar-refractivity contribution in [3.8, 4) is 22.6 Å². The Kier molecular flexibility index (Phi) is 10.1. The number of nitrogens with zero attached hydrogens (tertiary/aromatic N) is 3. The van der Waals surface area contributed by atoms with Gasteiger partial charge >= 0.3 is 12.3 Å². The largest absolute Gasteiger partial charge is 0.497 e. The lowest BCUT2D eigenvalue weighted by molar-refractivity contribution is -0.137. The quantitative estimate of drug-likeness (QED) is 0.214. The van der Waals surface area contributed by atoms with Crippen LogP contribution in [0.1, 0.15) is 47.8 Å². The molecular formula is C33H33F5N4O5. The standard InChI is InChI=1S/C33H33F5N4O5/c1-32(2,3)47-31(44)40-30-41(4)9-10-42(30)18-20-13-25(24-8-7-21(34)15-27(24)33(36,37)38)28(35)26(14-20)29(43)39-17-19-11-22(45-5)16-23(12-19)46-6/h7-16H,17-18H2,1-6H3,(H,39,43)/b40-30-. The number of benzene rings is 3. The molecule has 0 unspecified atom stereocenters. The van der Waals surface area contributed by atoms with Crippen molar-refractivity contribution in [2.45, 2.75) is 45.6 Å². The Morgan fingerprint density at radius 1 is 0.872 bits per heavy atom. The number of aryl methyl sites for hydroxylation is 1. The Balaban J connectivity index is 1.82. The van der Waals surface area contributed by atoms with Gasteiger partial charge in [0.05, 0.1) is 31.9 Å². The first-order valence-electron chi connectivity index (χ1n) is 14.2. The molecule has 0 atom stereocenters. The van der Waals surface area contributed by atoms with E-state index in [0.29, 0.717) is 17.1 Å². The molecule has 1 heterocycles. The molecule has 0 saturated carbocycles. The number of nitrogens with one attached hydrogen (secondary N) is 1. The van der Waals surface area contributed by atoms with Crippen molar-refractivity contribution in [2.24, 2.45) is 12.0 Å². The number of rotatable bonds is 8. The summed E-state index contributed by atoms with van der Waals surface area (Å²) in [6.07, 6.45) is -2.81. The van der Waals surface area contributed by atoms with E-state index in [4.69, 9.17) is 14.2 Å². The molecule has 0 saturated heterocycles. The summed E-state index contributed by atoms with van der Waals surface area (Å²) in [7, 11) is 4.50. The molecule has 0 aliphatic carbocycles. The molecule has 4 aromatic rings. The molecule has 4 rings (SSSR count). The summed E-state index contributed by atoms with van der Waals surface area (Å²) in [4.78, 5) is 29.9. The minimum atomic E-state index is -5.04. The van der Waals surface area contributed by atoms with Crippen LogP contribution in [-0.4, -0.2) is 41.0 Å². The molecule has 1 aromatic heterocycles. The van der Waals surface area contributed by atoms with Crippen LogP contribution in [0.3, 0.4) is 0 Å². The van der Waals surface area contributed by atoms with Crippen LogP contribution < -0.4 is 20.4 Å². The second-order valence-corrected chi connectivity index (χ2v) is 11.5. The maximum absolute atomic E-state index is 16.1. The Bertz CT molecular complexity index is 1850. The van der Waals surface area contributed by atoms with Crippen molar-refractivity contribution in [2.75, 3.05) is 14.2 Å². The number of carbonyl (C=O) groups excluding carboxylic acids is 2. The first-order valence-corrected chi connectivity index (χ1v) is 14.2. The predicted molar refractivity (Wildman–Crippen MR) is 162 cm³/mol. The molecule has 2 amide bonds. The maximum atomic E-state index is 16.1. The molecule has 0 radical (unpaired) electrons. The molecule has 9 nitrogen and oxygen atoms in total. The van der Waals surface area contributed by atoms with Gasteiger partial charge in [0.1, 0.15) is 28.7 Å². The Morgan fingerprint density at radius 2 is 1.53 bits per heavy atom. The molecule has 47 heavy (non-hydrogen) atoms. The lowest BCUT2D eigenvalue weighted by Gasteiger charge is -2.18. The third kappa shape index (κ3) is 8.57. The van der Waals surface area contributed by atoms with E-state index in [2.05, 4.69) is 10.3 Å². The normalized spacial score (nSPS) is 12.2. The second kappa shape index (κ2) is 13.7. The zero-order chi connectivity index (χ0) is 34.7. The molecule has 14 heteroatoms. The highest BCUT2D eigenvalue weighted by Crippen LogP contribution is 2.39. The van der Waals surface area contributed by atoms with Crippen LogP contribution in [0.25, 0.3) is 11.1 Å². The van der Waals surface area contributed by atoms with E-state index in [1.165, 1.54) is 29.4 Å². The summed E-state index contributed by atoms with van der Waals surface area (Å²) in [5.74, 6) is -2.47. The minimum absolute atomic E-state index is 0.109. The number of carbonyl (C=O) groups is 2. The molecule has 3 aromatic carbocycles. The summed E-state index contributed by atoms with van der Waals surface area (Å²) in [5, 5.41) is 2.58. The van der Waals surface area contributed by atoms with Gasteiger partial charge in [0.2, 0.25) is 5.62 Å². The van der Waals surface area contributed by atoms with Crippen LogP contribution in [0, 0.1) is 11.6 Å². The highest BCUT2D eigenvalue weighted by atomic mass is 19.4. The van der Waals surface area contributed by atoms with Crippen molar-refractivity contribution < 1.29 is 45.8 Å². The molecule has 0 aliphatic rings. The van der Waals surface area contributed by atoms with Crippen LogP contribution in [-0.2, 0) is 31.1 Å². The number of hydrogen-bond acceptors (Lipinski definition) is 5. The summed E-state index contributed by atoms with van der Waals surface area (Å²) >= 11 is 0. The van der Waals surface area contributed by atoms with Crippen molar-refractivity contribution in [3.63, 3.8) is 0 Å². The van der Waals surface area contributed by atoms with Crippen LogP contribution in [0.5, 0.6) is 11.5 Å². The van der Waals surface area contributed by atoms with Crippen LogP contribution in [0.4, 0.5) is 26.7 Å². The van der Waals surface area contributed by atoms with Gasteiger partial charge in [0.15, 0.2) is 0 Å². The molecule has 0 aliphatic heterocycles. The topological polar surface area (TPSA) is 96.1 Å². The third-order valence-corrected chi connectivity index (χ3v) is 6.80. The van der Waals surface area contributed by atoms with Crippen LogP contribution in [0.2, 0.25) is 0 Å². The van der Waals surface area contributed by atoms with Gasteiger partial charge in [0.25, 0.3) is 5.91 Å². The van der Waals surface area contributed by atoms with Gasteiger partial charge in [0, 0.05) is 37.6 Å². The van der Waals surface area contributed by atoms with Gasteiger partial charge < -0.3 is 28.7 Å². The first kappa shape index (κ1) is 34.7. The molecule has 250 valence electrons. The van der Waals surface area contributed by atoms with Gasteiger partial charge in [-0.05, 0) is 73.9 Å². The third-order valence-electron chi connectivity index (χ3n) is 6.80. The summed E-state index contributed by atoms with van der Waals surface area (Å²) in [6, 6.07) is 9.04. The van der Waals surface area contributed by atoms with E-state index in [1.807, 2.05) is 0 Å². The fourth-order valence-electron chi connectivity index (χ4n) is 4.71. The zero-order valence-corrected chi connectivity index (χ0v) is 26.5. The van der Waals surface area contributed by atoms with Gasteiger partial charge in [-0.3, -0.25) is 4.79 Å². The summed E-state index contributed by atoms with van der Waals surface area (Å²) in [6.45, 7) is 4.75. The van der Waals surface area contributed by atoms with Crippen molar-refractivity contribution in [1.29, 1.82) is 0 Å². The van der Waals surface area contributed by atoms with E-state index >= 15 is 4.39 Å². The Morgan fingerprint density at radius 3 is 2.13 bits per heavy atom. The second-order valence-electron chi connectivity index (χ2n) is 11.5. The van der Waals surface area contributed by atoms with Gasteiger partial charge in [-0.1, -0.05) is 6.07 Å². The highest BCUT2D eigenvalue weighted by molar-refractivity contribution is 5.96. The van der Waals surface area contributed by atoms with Crippen molar-refractivity contribution >= 4 is 12.0 Å². The van der Waals surface area contributed by atoms with Gasteiger partial charge in [-0.25, -0.2) is 13.6 Å². The van der Waals surface area contributed by atoms with E-state index < -0.39 is 57.7 Å². The fraction of sp³-hybridized carbons (Fsp3) is 0.303. The van der Waals surface area contributed by atoms with Crippen LogP contribution in [0.15, 0.2) is 65.9 Å². The number of hydrogen-bond donors (Lipinski definition) is 1.